The van der Waals surface area contributed by atoms with Gasteiger partial charge in [0.25, 0.3) is 0 Å². The lowest BCUT2D eigenvalue weighted by Gasteiger charge is -2.35. The lowest BCUT2D eigenvalue weighted by molar-refractivity contribution is -0.128. The van der Waals surface area contributed by atoms with Gasteiger partial charge in [-0.05, 0) is 56.2 Å². The zero-order valence-electron chi connectivity index (χ0n) is 17.2. The second kappa shape index (κ2) is 9.05. The van der Waals surface area contributed by atoms with Gasteiger partial charge in [-0.3, -0.25) is 9.59 Å². The summed E-state index contributed by atoms with van der Waals surface area (Å²) in [5.41, 5.74) is 1.72. The Balaban J connectivity index is 1.15. The Morgan fingerprint density at radius 2 is 1.86 bits per heavy atom. The number of rotatable bonds is 8. The van der Waals surface area contributed by atoms with Crippen LogP contribution in [0.1, 0.15) is 56.9 Å². The minimum absolute atomic E-state index is 0.134. The molecule has 1 aliphatic carbocycles. The maximum atomic E-state index is 12.3. The third-order valence-corrected chi connectivity index (χ3v) is 7.04. The first-order chi connectivity index (χ1) is 14.0. The summed E-state index contributed by atoms with van der Waals surface area (Å²) in [6, 6.07) is 8.64. The van der Waals surface area contributed by atoms with Crippen molar-refractivity contribution in [3.05, 3.63) is 34.9 Å². The van der Waals surface area contributed by atoms with Gasteiger partial charge in [-0.25, -0.2) is 0 Å². The number of amides is 2. The van der Waals surface area contributed by atoms with Gasteiger partial charge >= 0.3 is 0 Å². The minimum Gasteiger partial charge on any atom is -0.353 e. The monoisotopic (exact) mass is 417 g/mol. The highest BCUT2D eigenvalue weighted by Gasteiger charge is 2.45. The molecule has 158 valence electrons. The summed E-state index contributed by atoms with van der Waals surface area (Å²) in [6.07, 6.45) is 7.46. The summed E-state index contributed by atoms with van der Waals surface area (Å²) in [5.74, 6) is 0.375. The summed E-state index contributed by atoms with van der Waals surface area (Å²) < 4.78 is 0. The van der Waals surface area contributed by atoms with E-state index in [1.807, 2.05) is 17.0 Å². The molecule has 2 heterocycles. The van der Waals surface area contributed by atoms with Gasteiger partial charge in [-0.2, -0.15) is 0 Å². The van der Waals surface area contributed by atoms with Crippen LogP contribution in [-0.4, -0.2) is 60.4 Å². The van der Waals surface area contributed by atoms with E-state index in [0.717, 1.165) is 63.4 Å². The van der Waals surface area contributed by atoms with Crippen LogP contribution in [0, 0.1) is 0 Å². The third kappa shape index (κ3) is 5.32. The smallest absolute Gasteiger partial charge is 0.222 e. The van der Waals surface area contributed by atoms with Crippen LogP contribution in [0.5, 0.6) is 0 Å². The number of nitrogens with one attached hydrogen (secondary N) is 1. The Labute approximate surface area is 178 Å². The molecule has 1 N–H and O–H groups in total. The van der Waals surface area contributed by atoms with Crippen LogP contribution in [0.25, 0.3) is 0 Å². The normalized spacial score (nSPS) is 22.1. The molecule has 0 bridgehead atoms. The van der Waals surface area contributed by atoms with Gasteiger partial charge < -0.3 is 15.1 Å². The summed E-state index contributed by atoms with van der Waals surface area (Å²) in [4.78, 5) is 28.3. The molecule has 4 rings (SSSR count). The van der Waals surface area contributed by atoms with Crippen molar-refractivity contribution in [3.63, 3.8) is 0 Å². The molecule has 1 saturated carbocycles. The Morgan fingerprint density at radius 1 is 1.14 bits per heavy atom. The molecule has 5 nitrogen and oxygen atoms in total. The Kier molecular flexibility index (Phi) is 6.45. The highest BCUT2D eigenvalue weighted by molar-refractivity contribution is 6.30. The average Bonchev–Trinajstić information content (AvgIpc) is 3.38. The number of carbonyl (C=O) groups is 2. The van der Waals surface area contributed by atoms with Gasteiger partial charge in [0, 0.05) is 62.0 Å². The van der Waals surface area contributed by atoms with Gasteiger partial charge in [0.2, 0.25) is 11.8 Å². The number of piperidine rings is 1. The largest absolute Gasteiger partial charge is 0.353 e. The molecule has 2 aliphatic heterocycles. The first-order valence-corrected chi connectivity index (χ1v) is 11.5. The van der Waals surface area contributed by atoms with Crippen molar-refractivity contribution in [1.29, 1.82) is 0 Å². The van der Waals surface area contributed by atoms with E-state index in [1.54, 1.807) is 0 Å². The van der Waals surface area contributed by atoms with Crippen molar-refractivity contribution in [3.8, 4) is 0 Å². The lowest BCUT2D eigenvalue weighted by Crippen LogP contribution is -2.46. The van der Waals surface area contributed by atoms with Crippen molar-refractivity contribution < 1.29 is 9.59 Å². The van der Waals surface area contributed by atoms with Gasteiger partial charge in [0.15, 0.2) is 0 Å². The fraction of sp³-hybridized carbons (Fsp3) is 0.652. The molecule has 0 spiro atoms. The van der Waals surface area contributed by atoms with E-state index < -0.39 is 0 Å². The highest BCUT2D eigenvalue weighted by atomic mass is 35.5. The number of carbonyl (C=O) groups excluding carboxylic acids is 2. The molecule has 2 amide bonds. The highest BCUT2D eigenvalue weighted by Crippen LogP contribution is 2.49. The molecule has 0 atom stereocenters. The Bertz CT molecular complexity index is 724. The van der Waals surface area contributed by atoms with E-state index in [4.69, 9.17) is 11.6 Å². The maximum Gasteiger partial charge on any atom is 0.222 e. The Morgan fingerprint density at radius 3 is 2.48 bits per heavy atom. The summed E-state index contributed by atoms with van der Waals surface area (Å²) in [6.45, 7) is 4.78. The minimum atomic E-state index is 0.134. The summed E-state index contributed by atoms with van der Waals surface area (Å²) >= 11 is 6.04. The molecule has 1 aromatic rings. The fourth-order valence-electron chi connectivity index (χ4n) is 4.83. The van der Waals surface area contributed by atoms with Crippen LogP contribution in [0.3, 0.4) is 0 Å². The van der Waals surface area contributed by atoms with E-state index >= 15 is 0 Å². The zero-order chi connectivity index (χ0) is 20.3. The quantitative estimate of drug-likeness (QED) is 0.705. The van der Waals surface area contributed by atoms with Crippen LogP contribution in [0.15, 0.2) is 24.3 Å². The number of likely N-dealkylation sites (tertiary alicyclic amines) is 2. The van der Waals surface area contributed by atoms with Crippen molar-refractivity contribution >= 4 is 23.4 Å². The van der Waals surface area contributed by atoms with E-state index in [0.29, 0.717) is 18.3 Å². The van der Waals surface area contributed by atoms with E-state index in [1.165, 1.54) is 18.4 Å². The van der Waals surface area contributed by atoms with E-state index in [-0.39, 0.29) is 17.9 Å². The molecule has 3 aliphatic rings. The summed E-state index contributed by atoms with van der Waals surface area (Å²) in [5, 5.41) is 4.01. The number of hydrogen-bond donors (Lipinski definition) is 1. The maximum absolute atomic E-state index is 12.3. The lowest BCUT2D eigenvalue weighted by atomic mass is 9.94. The Hall–Kier alpha value is -1.59. The standard InChI is InChI=1S/C23H32ClN3O2/c24-19-7-5-18(6-8-19)23(11-12-23)17-26-15-9-20(10-16-26)25-21(28)3-1-13-27-14-2-4-22(27)29/h5-8,20H,1-4,9-17H2,(H,25,28). The number of benzene rings is 1. The van der Waals surface area contributed by atoms with Gasteiger partial charge in [0.1, 0.15) is 0 Å². The van der Waals surface area contributed by atoms with Crippen molar-refractivity contribution in [1.82, 2.24) is 15.1 Å². The SMILES string of the molecule is O=C(CCCN1CCCC1=O)NC1CCN(CC2(c3ccc(Cl)cc3)CC2)CC1. The van der Waals surface area contributed by atoms with E-state index in [9.17, 15) is 9.59 Å². The molecular weight excluding hydrogens is 386 g/mol. The second-order valence-electron chi connectivity index (χ2n) is 8.99. The predicted molar refractivity (Wildman–Crippen MR) is 115 cm³/mol. The van der Waals surface area contributed by atoms with Crippen molar-refractivity contribution in [2.45, 2.75) is 62.8 Å². The van der Waals surface area contributed by atoms with Crippen LogP contribution in [0.2, 0.25) is 5.02 Å². The van der Waals surface area contributed by atoms with Crippen LogP contribution in [0.4, 0.5) is 0 Å². The third-order valence-electron chi connectivity index (χ3n) is 6.79. The number of halogens is 1. The van der Waals surface area contributed by atoms with Crippen LogP contribution in [-0.2, 0) is 15.0 Å². The summed E-state index contributed by atoms with van der Waals surface area (Å²) in [7, 11) is 0. The van der Waals surface area contributed by atoms with Gasteiger partial charge in [0.05, 0.1) is 0 Å². The first kappa shape index (κ1) is 20.7. The number of nitrogens with zero attached hydrogens (tertiary/aromatic N) is 2. The zero-order valence-corrected chi connectivity index (χ0v) is 17.9. The molecular formula is C23H32ClN3O2. The predicted octanol–water partition coefficient (Wildman–Crippen LogP) is 3.35. The number of hydrogen-bond acceptors (Lipinski definition) is 3. The molecule has 0 aromatic heterocycles. The molecule has 3 fully saturated rings. The fourth-order valence-corrected chi connectivity index (χ4v) is 4.95. The molecule has 0 unspecified atom stereocenters. The van der Waals surface area contributed by atoms with Gasteiger partial charge in [-0.1, -0.05) is 23.7 Å². The van der Waals surface area contributed by atoms with Crippen LogP contribution < -0.4 is 5.32 Å². The molecule has 1 aromatic carbocycles. The molecule has 29 heavy (non-hydrogen) atoms. The average molecular weight is 418 g/mol. The topological polar surface area (TPSA) is 52.7 Å². The first-order valence-electron chi connectivity index (χ1n) is 11.1. The molecule has 2 saturated heterocycles. The second-order valence-corrected chi connectivity index (χ2v) is 9.43. The van der Waals surface area contributed by atoms with Gasteiger partial charge in [-0.15, -0.1) is 0 Å². The molecule has 6 heteroatoms. The molecule has 0 radical (unpaired) electrons. The van der Waals surface area contributed by atoms with Crippen LogP contribution >= 0.6 is 11.6 Å². The van der Waals surface area contributed by atoms with Crippen molar-refractivity contribution in [2.75, 3.05) is 32.7 Å². The van der Waals surface area contributed by atoms with Crippen molar-refractivity contribution in [2.24, 2.45) is 0 Å². The van der Waals surface area contributed by atoms with E-state index in [2.05, 4.69) is 22.3 Å².